The molecule has 2 aromatic heterocycles. The van der Waals surface area contributed by atoms with Crippen LogP contribution in [0.4, 0.5) is 0 Å². The molecule has 0 amide bonds. The smallest absolute Gasteiger partial charge is 0.333 e. The summed E-state index contributed by atoms with van der Waals surface area (Å²) < 4.78 is 38.4. The van der Waals surface area contributed by atoms with E-state index in [1.165, 1.54) is 41.9 Å². The summed E-state index contributed by atoms with van der Waals surface area (Å²) in [4.78, 5) is 80.7. The minimum absolute atomic E-state index is 0.0981. The van der Waals surface area contributed by atoms with Crippen LogP contribution in [0, 0.1) is 0 Å². The largest absolute Gasteiger partial charge is 0.462 e. The fourth-order valence-electron chi connectivity index (χ4n) is 10.4. The van der Waals surface area contributed by atoms with E-state index in [2.05, 4.69) is 129 Å². The van der Waals surface area contributed by atoms with E-state index >= 15 is 0 Å². The van der Waals surface area contributed by atoms with Crippen LogP contribution in [0.1, 0.15) is 156 Å². The first kappa shape index (κ1) is 100. The van der Waals surface area contributed by atoms with Gasteiger partial charge in [-0.15, -0.1) is 0 Å². The molecule has 8 N–H and O–H groups in total. The second-order valence-corrected chi connectivity index (χ2v) is 57.0. The van der Waals surface area contributed by atoms with Gasteiger partial charge in [0.25, 0.3) is 0 Å². The standard InChI is InChI=1S/C45H84O8S2Si4.C10H28N2OSi2.C7H6N4S.C7H9NO3.CH6N2/c1-38(2)44(48)50-32-22-26-40(46)24-13-17-34-56(5,6)52-57(7,8)35-18-14-28-42(54)29-15-19-36-58(9,10)53-59(11,12)37-20-16-30-43(55)31-21-25-41(47)27-23-33-51-45(49)39(3)4;1-14(2,9-5-7-11)13-15(3,4)10-6-8-12;12-7(10-3-1-8-5-10)11-4-2-9-6-11;1-6(2)7(10)11-4-3-8-5-9;2-1-3/h1,3,13-37H2,2,4-12H3;5-12H2,1-4H3;1-6H;1,3-4H2,2H3;1-3H2. The Morgan fingerprint density at radius 1 is 0.430 bits per heavy atom. The van der Waals surface area contributed by atoms with Gasteiger partial charge >= 0.3 is 17.9 Å². The van der Waals surface area contributed by atoms with Crippen LogP contribution >= 0.6 is 36.7 Å². The van der Waals surface area contributed by atoms with Crippen LogP contribution in [-0.2, 0) is 55.3 Å². The van der Waals surface area contributed by atoms with Crippen LogP contribution in [-0.4, -0.2) is 166 Å². The Morgan fingerprint density at radius 3 is 0.980 bits per heavy atom. The average molecular weight is 1560 g/mol. The molecule has 2 rings (SSSR count). The second-order valence-electron chi connectivity index (χ2n) is 28.9. The molecule has 0 aromatic carbocycles. The second kappa shape index (κ2) is 57.4. The number of ketones is 2. The predicted octanol–water partition coefficient (Wildman–Crippen LogP) is 15.5. The number of carbonyl (C=O) groups is 5. The van der Waals surface area contributed by atoms with E-state index in [4.69, 9.17) is 69.9 Å². The quantitative estimate of drug-likeness (QED) is 0.00550. The Bertz CT molecular complexity index is 2700. The highest BCUT2D eigenvalue weighted by Crippen LogP contribution is 2.29. The number of ether oxygens (including phenoxy) is 3. The molecule has 2 heterocycles. The van der Waals surface area contributed by atoms with E-state index in [-0.39, 0.29) is 44.6 Å². The van der Waals surface area contributed by atoms with E-state index in [0.29, 0.717) is 60.4 Å². The number of imidazole rings is 2. The Labute approximate surface area is 625 Å². The minimum Gasteiger partial charge on any atom is -0.462 e. The maximum absolute atomic E-state index is 12.2. The lowest BCUT2D eigenvalue weighted by Gasteiger charge is -2.34. The van der Waals surface area contributed by atoms with Crippen molar-refractivity contribution < 1.29 is 55.3 Å². The number of aromatic nitrogens is 4. The lowest BCUT2D eigenvalue weighted by atomic mass is 10.1. The molecule has 0 atom stereocenters. The van der Waals surface area contributed by atoms with Crippen LogP contribution in [0.15, 0.2) is 78.9 Å². The normalized spacial score (nSPS) is 11.5. The molecule has 0 radical (unpaired) electrons. The SMILES string of the molecule is C=C(C)C(=O)OCCCC(=O)CCCC[Si](C)(C)O[Si](C)(C)CCCCC(=S)CCCC[Si](C)(C)O[Si](C)(C)CCCCC(=S)CCCC(=O)CCCOC(=O)C(=C)C.C=C(C)C(=O)OCCN=C=O.C[Si](C)(CCCN)O[Si](C)(C)CCCN.NCN.S=C(n1ccnc1)n1ccnc1. The Hall–Kier alpha value is -3.94. The van der Waals surface area contributed by atoms with E-state index in [1.54, 1.807) is 67.3 Å². The first-order chi connectivity index (χ1) is 46.7. The molecule has 0 fully saturated rings. The molecule has 0 aliphatic heterocycles. The average Bonchev–Trinajstić information content (AvgIpc) is 1.23. The zero-order valence-electron chi connectivity index (χ0n) is 64.3. The third kappa shape index (κ3) is 60.5. The maximum Gasteiger partial charge on any atom is 0.333 e. The first-order valence-electron chi connectivity index (χ1n) is 35.7. The van der Waals surface area contributed by atoms with Crippen molar-refractivity contribution in [3.63, 3.8) is 0 Å². The number of Topliss-reactive ketones (excluding diaryl/α,β-unsaturated/α-hetero) is 2. The lowest BCUT2D eigenvalue weighted by Crippen LogP contribution is -2.44. The zero-order valence-corrected chi connectivity index (χ0v) is 72.7. The van der Waals surface area contributed by atoms with Crippen molar-refractivity contribution in [3.8, 4) is 0 Å². The van der Waals surface area contributed by atoms with Crippen LogP contribution in [0.25, 0.3) is 0 Å². The van der Waals surface area contributed by atoms with E-state index in [9.17, 15) is 28.8 Å². The van der Waals surface area contributed by atoms with Gasteiger partial charge in [0.1, 0.15) is 30.8 Å². The summed E-state index contributed by atoms with van der Waals surface area (Å²) in [6.07, 6.45) is 30.3. The first-order valence-corrected chi connectivity index (χ1v) is 55.6. The highest BCUT2D eigenvalue weighted by molar-refractivity contribution is 7.80. The van der Waals surface area contributed by atoms with Crippen molar-refractivity contribution >= 4 is 137 Å². The number of nitrogens with two attached hydrogens (primary N) is 4. The Balaban J connectivity index is -0.00000180. The summed E-state index contributed by atoms with van der Waals surface area (Å²) in [6, 6.07) is 6.93. The third-order valence-corrected chi connectivity index (χ3v) is 39.0. The van der Waals surface area contributed by atoms with Gasteiger partial charge in [0.05, 0.1) is 19.8 Å². The number of aliphatic imine (C=N–C) groups is 1. The van der Waals surface area contributed by atoms with Crippen molar-refractivity contribution in [2.24, 2.45) is 27.9 Å². The summed E-state index contributed by atoms with van der Waals surface area (Å²) in [6.45, 7) is 45.9. The fraction of sp³-hybridized carbons (Fsp3) is 0.700. The highest BCUT2D eigenvalue weighted by Gasteiger charge is 2.34. The Kier molecular flexibility index (Phi) is 57.5. The van der Waals surface area contributed by atoms with Gasteiger partial charge in [-0.3, -0.25) is 18.7 Å². The summed E-state index contributed by atoms with van der Waals surface area (Å²) in [5, 5.41) is 0.644. The van der Waals surface area contributed by atoms with Crippen molar-refractivity contribution in [3.05, 3.63) is 73.9 Å². The number of thiocarbonyl (C=S) groups is 3. The van der Waals surface area contributed by atoms with Crippen LogP contribution in [0.2, 0.25) is 115 Å². The van der Waals surface area contributed by atoms with Gasteiger partial charge < -0.3 is 49.5 Å². The zero-order chi connectivity index (χ0) is 76.9. The molecule has 0 bridgehead atoms. The molecule has 100 heavy (non-hydrogen) atoms. The minimum atomic E-state index is -1.80. The molecule has 0 saturated heterocycles. The third-order valence-electron chi connectivity index (χ3n) is 15.1. The van der Waals surface area contributed by atoms with Gasteiger partial charge in [0.15, 0.2) is 55.0 Å². The molecule has 0 saturated carbocycles. The van der Waals surface area contributed by atoms with Crippen molar-refractivity contribution in [1.82, 2.24) is 19.1 Å². The van der Waals surface area contributed by atoms with Gasteiger partial charge in [-0.25, -0.2) is 34.1 Å². The maximum atomic E-state index is 12.2. The number of nitrogens with zero attached hydrogens (tertiary/aromatic N) is 5. The molecular formula is C70H133N9O12S3Si6. The number of carbonyl (C=O) groups excluding carboxylic acids is 6. The molecule has 0 aliphatic rings. The molecule has 0 spiro atoms. The number of isocyanates is 1. The van der Waals surface area contributed by atoms with Gasteiger partial charge in [0.2, 0.25) is 6.08 Å². The molecule has 30 heteroatoms. The number of rotatable bonds is 50. The van der Waals surface area contributed by atoms with Crippen LogP contribution < -0.4 is 22.9 Å². The van der Waals surface area contributed by atoms with Crippen molar-refractivity contribution in [2.75, 3.05) is 46.1 Å². The van der Waals surface area contributed by atoms with E-state index < -0.39 is 67.8 Å². The topological polar surface area (TPSA) is 310 Å². The van der Waals surface area contributed by atoms with E-state index in [1.807, 2.05) is 0 Å². The summed E-state index contributed by atoms with van der Waals surface area (Å²) in [7, 11) is -10.0. The van der Waals surface area contributed by atoms with Gasteiger partial charge in [-0.2, -0.15) is 0 Å². The fourth-order valence-corrected chi connectivity index (χ4v) is 38.1. The van der Waals surface area contributed by atoms with Gasteiger partial charge in [-0.05, 0) is 254 Å². The molecular weight excluding hydrogens is 1420 g/mol. The predicted molar refractivity (Wildman–Crippen MR) is 439 cm³/mol. The summed E-state index contributed by atoms with van der Waals surface area (Å²) in [5.74, 6) is -0.825. The summed E-state index contributed by atoms with van der Waals surface area (Å²) >= 11 is 16.6. The number of unbranched alkanes of at least 4 members (excludes halogenated alkanes) is 4. The molecule has 572 valence electrons. The molecule has 0 unspecified atom stereocenters. The molecule has 21 nitrogen and oxygen atoms in total. The van der Waals surface area contributed by atoms with E-state index in [0.717, 1.165) is 120 Å². The lowest BCUT2D eigenvalue weighted by molar-refractivity contribution is -0.140. The number of hydrogen-bond donors (Lipinski definition) is 4. The van der Waals surface area contributed by atoms with Crippen LogP contribution in [0.5, 0.6) is 0 Å². The van der Waals surface area contributed by atoms with Crippen molar-refractivity contribution in [1.29, 1.82) is 0 Å². The van der Waals surface area contributed by atoms with Gasteiger partial charge in [-0.1, -0.05) is 69.9 Å². The van der Waals surface area contributed by atoms with Crippen molar-refractivity contribution in [2.45, 2.75) is 270 Å². The summed E-state index contributed by atoms with van der Waals surface area (Å²) in [5.41, 5.74) is 21.4. The molecule has 0 aliphatic carbocycles. The van der Waals surface area contributed by atoms with Gasteiger partial charge in [0, 0.05) is 73.9 Å². The molecule has 2 aromatic rings. The highest BCUT2D eigenvalue weighted by atomic mass is 32.1. The Morgan fingerprint density at radius 2 is 0.700 bits per heavy atom. The monoisotopic (exact) mass is 1560 g/mol. The van der Waals surface area contributed by atoms with Crippen LogP contribution in [0.3, 0.4) is 0 Å². The number of esters is 3. The number of hydrogen-bond acceptors (Lipinski definition) is 22.